The smallest absolute Gasteiger partial charge is 0.148 e. The molecule has 2 unspecified atom stereocenters. The average Bonchev–Trinajstić information content (AvgIpc) is 3.09. The normalized spacial score (nSPS) is 21.8. The van der Waals surface area contributed by atoms with Crippen molar-refractivity contribution in [3.63, 3.8) is 0 Å². The summed E-state index contributed by atoms with van der Waals surface area (Å²) in [6.45, 7) is 1.14. The number of rotatable bonds is 3. The number of halogens is 2. The summed E-state index contributed by atoms with van der Waals surface area (Å²) in [6, 6.07) is 9.67. The van der Waals surface area contributed by atoms with Crippen LogP contribution in [-0.4, -0.2) is 28.0 Å². The average molecular weight is 358 g/mol. The van der Waals surface area contributed by atoms with E-state index in [0.29, 0.717) is 35.3 Å². The summed E-state index contributed by atoms with van der Waals surface area (Å²) in [7, 11) is 0. The summed E-state index contributed by atoms with van der Waals surface area (Å²) < 4.78 is 30.6. The monoisotopic (exact) mass is 358 g/mol. The van der Waals surface area contributed by atoms with Crippen LogP contribution in [0.5, 0.6) is 0 Å². The third-order valence-corrected chi connectivity index (χ3v) is 4.95. The number of nitrogens with two attached hydrogens (primary N) is 1. The van der Waals surface area contributed by atoms with Crippen LogP contribution in [0.3, 0.4) is 0 Å². The third-order valence-electron chi connectivity index (χ3n) is 4.95. The Kier molecular flexibility index (Phi) is 4.22. The molecule has 1 saturated heterocycles. The van der Waals surface area contributed by atoms with Crippen LogP contribution in [0, 0.1) is 5.82 Å². The van der Waals surface area contributed by atoms with Gasteiger partial charge in [-0.15, -0.1) is 0 Å². The van der Waals surface area contributed by atoms with Crippen LogP contribution in [0.2, 0.25) is 0 Å². The molecule has 7 heteroatoms. The molecule has 2 heterocycles. The van der Waals surface area contributed by atoms with E-state index in [4.69, 9.17) is 5.73 Å². The highest BCUT2D eigenvalue weighted by molar-refractivity contribution is 5.83. The van der Waals surface area contributed by atoms with Gasteiger partial charge in [-0.3, -0.25) is 0 Å². The van der Waals surface area contributed by atoms with Crippen LogP contribution in [0.1, 0.15) is 30.2 Å². The molecular weight excluding hydrogens is 338 g/mol. The van der Waals surface area contributed by atoms with Gasteiger partial charge in [0.05, 0.1) is 11.1 Å². The Hall–Kier alpha value is -2.35. The van der Waals surface area contributed by atoms with E-state index < -0.39 is 17.7 Å². The number of fused-ring (bicyclic) bond motifs is 1. The van der Waals surface area contributed by atoms with Crippen molar-refractivity contribution in [1.29, 1.82) is 0 Å². The minimum absolute atomic E-state index is 0.273. The number of nitrogens with zero attached hydrogens (tertiary/aromatic N) is 2. The molecule has 0 spiro atoms. The quantitative estimate of drug-likeness (QED) is 0.629. The van der Waals surface area contributed by atoms with Crippen molar-refractivity contribution in [1.82, 2.24) is 15.1 Å². The molecule has 0 bridgehead atoms. The summed E-state index contributed by atoms with van der Waals surface area (Å²) in [5.41, 5.74) is 6.12. The first-order valence-electron chi connectivity index (χ1n) is 8.60. The summed E-state index contributed by atoms with van der Waals surface area (Å²) in [6.07, 6.45) is 1.59. The van der Waals surface area contributed by atoms with Crippen molar-refractivity contribution in [2.45, 2.75) is 24.7 Å². The number of aromatic nitrogens is 2. The Labute approximate surface area is 149 Å². The van der Waals surface area contributed by atoms with Crippen LogP contribution >= 0.6 is 0 Å². The van der Waals surface area contributed by atoms with Gasteiger partial charge in [-0.25, -0.2) is 13.5 Å². The topological polar surface area (TPSA) is 76.1 Å². The van der Waals surface area contributed by atoms with E-state index in [-0.39, 0.29) is 5.39 Å². The van der Waals surface area contributed by atoms with Gasteiger partial charge < -0.3 is 16.2 Å². The van der Waals surface area contributed by atoms with E-state index in [1.165, 1.54) is 16.8 Å². The molecule has 5 nitrogen and oxygen atoms in total. The number of aliphatic hydroxyl groups excluding tert-OH is 1. The molecule has 1 aliphatic rings. The van der Waals surface area contributed by atoms with Crippen LogP contribution in [0.25, 0.3) is 16.6 Å². The molecule has 1 fully saturated rings. The summed E-state index contributed by atoms with van der Waals surface area (Å²) in [5.74, 6) is -0.441. The maximum Gasteiger partial charge on any atom is 0.148 e. The van der Waals surface area contributed by atoms with E-state index in [0.717, 1.165) is 13.0 Å². The minimum Gasteiger partial charge on any atom is -0.374 e. The van der Waals surface area contributed by atoms with Crippen molar-refractivity contribution < 1.29 is 13.9 Å². The van der Waals surface area contributed by atoms with Gasteiger partial charge in [0.25, 0.3) is 0 Å². The van der Waals surface area contributed by atoms with Gasteiger partial charge >= 0.3 is 0 Å². The van der Waals surface area contributed by atoms with Gasteiger partial charge in [0, 0.05) is 18.3 Å². The SMILES string of the molecule is NC(O)c1ccc(F)c2cn(-c3ccc(C4(F)CCCNC4)cc3)nc12. The largest absolute Gasteiger partial charge is 0.374 e. The molecule has 136 valence electrons. The number of benzene rings is 2. The van der Waals surface area contributed by atoms with E-state index >= 15 is 4.39 Å². The predicted octanol–water partition coefficient (Wildman–Crippen LogP) is 2.66. The molecule has 2 aromatic carbocycles. The number of aliphatic hydroxyl groups is 1. The van der Waals surface area contributed by atoms with E-state index in [2.05, 4.69) is 10.4 Å². The van der Waals surface area contributed by atoms with Gasteiger partial charge in [0.1, 0.15) is 23.2 Å². The Morgan fingerprint density at radius 2 is 2.00 bits per heavy atom. The first-order valence-corrected chi connectivity index (χ1v) is 8.60. The second kappa shape index (κ2) is 6.42. The van der Waals surface area contributed by atoms with Crippen molar-refractivity contribution in [3.8, 4) is 5.69 Å². The summed E-state index contributed by atoms with van der Waals surface area (Å²) in [4.78, 5) is 0. The van der Waals surface area contributed by atoms with E-state index in [1.54, 1.807) is 30.5 Å². The highest BCUT2D eigenvalue weighted by Crippen LogP contribution is 2.33. The first-order chi connectivity index (χ1) is 12.5. The van der Waals surface area contributed by atoms with Gasteiger partial charge in [-0.1, -0.05) is 12.1 Å². The number of hydrogen-bond donors (Lipinski definition) is 3. The van der Waals surface area contributed by atoms with Gasteiger partial charge in [0.15, 0.2) is 0 Å². The molecule has 0 aliphatic carbocycles. The highest BCUT2D eigenvalue weighted by Gasteiger charge is 2.33. The molecular formula is C19H20F2N4O. The van der Waals surface area contributed by atoms with Crippen LogP contribution in [0.15, 0.2) is 42.6 Å². The van der Waals surface area contributed by atoms with Crippen molar-refractivity contribution in [2.24, 2.45) is 5.73 Å². The minimum atomic E-state index is -1.37. The summed E-state index contributed by atoms with van der Waals surface area (Å²) >= 11 is 0. The van der Waals surface area contributed by atoms with Crippen molar-refractivity contribution >= 4 is 10.9 Å². The zero-order chi connectivity index (χ0) is 18.3. The number of piperidine rings is 1. The van der Waals surface area contributed by atoms with Crippen LogP contribution < -0.4 is 11.1 Å². The van der Waals surface area contributed by atoms with Crippen molar-refractivity contribution in [2.75, 3.05) is 13.1 Å². The molecule has 1 aliphatic heterocycles. The van der Waals surface area contributed by atoms with E-state index in [9.17, 15) is 9.50 Å². The summed E-state index contributed by atoms with van der Waals surface area (Å²) in [5, 5.41) is 17.4. The predicted molar refractivity (Wildman–Crippen MR) is 95.1 cm³/mol. The van der Waals surface area contributed by atoms with Gasteiger partial charge in [0.2, 0.25) is 0 Å². The number of hydrogen-bond acceptors (Lipinski definition) is 4. The molecule has 0 radical (unpaired) electrons. The number of nitrogens with one attached hydrogen (secondary N) is 1. The maximum atomic E-state index is 15.0. The molecule has 2 atom stereocenters. The van der Waals surface area contributed by atoms with Crippen molar-refractivity contribution in [3.05, 3.63) is 59.5 Å². The molecule has 0 saturated carbocycles. The fraction of sp³-hybridized carbons (Fsp3) is 0.316. The molecule has 4 N–H and O–H groups in total. The lowest BCUT2D eigenvalue weighted by Crippen LogP contribution is -2.40. The Morgan fingerprint density at radius 1 is 1.23 bits per heavy atom. The second-order valence-corrected chi connectivity index (χ2v) is 6.71. The van der Waals surface area contributed by atoms with Crippen LogP contribution in [0.4, 0.5) is 8.78 Å². The third kappa shape index (κ3) is 2.88. The molecule has 3 aromatic rings. The Morgan fingerprint density at radius 3 is 2.65 bits per heavy atom. The fourth-order valence-corrected chi connectivity index (χ4v) is 3.49. The lowest BCUT2D eigenvalue weighted by molar-refractivity contribution is 0.122. The zero-order valence-corrected chi connectivity index (χ0v) is 14.1. The number of alkyl halides is 1. The second-order valence-electron chi connectivity index (χ2n) is 6.71. The maximum absolute atomic E-state index is 15.0. The van der Waals surface area contributed by atoms with E-state index in [1.807, 2.05) is 0 Å². The first kappa shape index (κ1) is 17.1. The molecule has 26 heavy (non-hydrogen) atoms. The van der Waals surface area contributed by atoms with Crippen LogP contribution in [-0.2, 0) is 5.67 Å². The Balaban J connectivity index is 1.72. The lowest BCUT2D eigenvalue weighted by atomic mass is 9.88. The highest BCUT2D eigenvalue weighted by atomic mass is 19.1. The lowest BCUT2D eigenvalue weighted by Gasteiger charge is -2.30. The standard InChI is InChI=1S/C19H20F2N4O/c20-16-7-6-14(18(22)26)17-15(16)10-25(24-17)13-4-2-12(3-5-13)19(21)8-1-9-23-11-19/h2-7,10,18,23,26H,1,8-9,11,22H2. The molecule has 4 rings (SSSR count). The van der Waals surface area contributed by atoms with Gasteiger partial charge in [-0.2, -0.15) is 5.10 Å². The zero-order valence-electron chi connectivity index (χ0n) is 14.1. The molecule has 1 aromatic heterocycles. The molecule has 0 amide bonds. The Bertz CT molecular complexity index is 931. The fourth-order valence-electron chi connectivity index (χ4n) is 3.49. The van der Waals surface area contributed by atoms with Gasteiger partial charge in [-0.05, 0) is 49.2 Å².